The predicted molar refractivity (Wildman–Crippen MR) is 14.3 cm³/mol. The van der Waals surface area contributed by atoms with Crippen molar-refractivity contribution >= 4 is 5.97 Å². The van der Waals surface area contributed by atoms with Gasteiger partial charge in [0.15, 0.2) is 0 Å². The number of carbonyl (C=O) groups excluding carboxylic acids is 1. The molecule has 0 bridgehead atoms. The summed E-state index contributed by atoms with van der Waals surface area (Å²) in [6, 6.07) is 0. The maximum absolute atomic E-state index is 10.7. The van der Waals surface area contributed by atoms with E-state index in [1.54, 1.807) is 0 Å². The molecule has 0 aliphatic carbocycles. The summed E-state index contributed by atoms with van der Waals surface area (Å²) in [4.78, 5) is 11.3. The molecule has 0 saturated heterocycles. The van der Waals surface area contributed by atoms with Gasteiger partial charge in [0.1, 0.15) is 0 Å². The van der Waals surface area contributed by atoms with Crippen LogP contribution in [0.5, 0.6) is 0 Å². The SMILES string of the molecule is O=C(OF)C(F)F.[H-].[Li+]. The topological polar surface area (TPSA) is 26.3 Å². The molecular weight excluding hydrogens is 120 g/mol. The van der Waals surface area contributed by atoms with Crippen LogP contribution < -0.4 is 18.9 Å². The Bertz CT molecular complexity index is 80.2. The van der Waals surface area contributed by atoms with Crippen LogP contribution in [0.3, 0.4) is 0 Å². The Kier molecular flexibility index (Phi) is 6.74. The number of alkyl halides is 2. The van der Waals surface area contributed by atoms with Gasteiger partial charge in [-0.05, 0) is 0 Å². The van der Waals surface area contributed by atoms with Crippen LogP contribution in [-0.4, -0.2) is 12.4 Å². The first kappa shape index (κ1) is 10.8. The third-order valence-electron chi connectivity index (χ3n) is 0.254. The number of halogens is 3. The smallest absolute Gasteiger partial charge is 1.00 e. The summed E-state index contributed by atoms with van der Waals surface area (Å²) in [5.41, 5.74) is 0. The maximum atomic E-state index is 10.7. The monoisotopic (exact) mass is 122 g/mol. The molecule has 0 radical (unpaired) electrons. The standard InChI is InChI=1S/C2HF3O2.Li.H/c3-1(4)2(6)7-5;;/h1H;;/q;+1;-1. The van der Waals surface area contributed by atoms with Crippen LogP contribution in [0.25, 0.3) is 0 Å². The van der Waals surface area contributed by atoms with Gasteiger partial charge in [-0.3, -0.25) is 0 Å². The van der Waals surface area contributed by atoms with E-state index in [9.17, 15) is 13.3 Å². The first-order valence-electron chi connectivity index (χ1n) is 1.29. The van der Waals surface area contributed by atoms with E-state index in [1.807, 2.05) is 0 Å². The van der Waals surface area contributed by atoms with E-state index in [0.29, 0.717) is 0 Å². The Morgan fingerprint density at radius 1 is 1.62 bits per heavy atom. The van der Waals surface area contributed by atoms with Crippen molar-refractivity contribution in [1.29, 1.82) is 0 Å². The molecule has 0 amide bonds. The number of rotatable bonds is 1. The van der Waals surface area contributed by atoms with Crippen molar-refractivity contribution in [2.24, 2.45) is 0 Å². The molecule has 0 spiro atoms. The molecule has 0 heterocycles. The van der Waals surface area contributed by atoms with Gasteiger partial charge in [-0.1, -0.05) is 0 Å². The van der Waals surface area contributed by atoms with Gasteiger partial charge in [0.25, 0.3) is 0 Å². The minimum Gasteiger partial charge on any atom is -1.00 e. The molecule has 0 rings (SSSR count). The van der Waals surface area contributed by atoms with Crippen LogP contribution in [-0.2, 0) is 9.74 Å². The van der Waals surface area contributed by atoms with E-state index < -0.39 is 12.4 Å². The molecule has 0 atom stereocenters. The van der Waals surface area contributed by atoms with Gasteiger partial charge in [0, 0.05) is 4.53 Å². The largest absolute Gasteiger partial charge is 1.00 e. The summed E-state index contributed by atoms with van der Waals surface area (Å²) in [7, 11) is 0. The van der Waals surface area contributed by atoms with E-state index in [-0.39, 0.29) is 20.3 Å². The van der Waals surface area contributed by atoms with Crippen molar-refractivity contribution < 1.29 is 43.3 Å². The van der Waals surface area contributed by atoms with Gasteiger partial charge in [-0.2, -0.15) is 8.78 Å². The zero-order chi connectivity index (χ0) is 5.86. The molecule has 0 N–H and O–H groups in total. The molecular formula is C2H2F3LiO2. The van der Waals surface area contributed by atoms with E-state index in [1.165, 1.54) is 0 Å². The fourth-order valence-corrected chi connectivity index (χ4v) is 0.0337. The number of hydrogen-bond acceptors (Lipinski definition) is 2. The van der Waals surface area contributed by atoms with E-state index in [4.69, 9.17) is 4.79 Å². The summed E-state index contributed by atoms with van der Waals surface area (Å²) in [5.74, 6) is -2.15. The molecule has 0 unspecified atom stereocenters. The molecule has 0 aliphatic heterocycles. The second-order valence-electron chi connectivity index (χ2n) is 0.697. The van der Waals surface area contributed by atoms with Gasteiger partial charge in [0.2, 0.25) is 0 Å². The van der Waals surface area contributed by atoms with Gasteiger partial charge in [0.05, 0.1) is 0 Å². The second-order valence-corrected chi connectivity index (χ2v) is 0.697. The average molecular weight is 122 g/mol. The fourth-order valence-electron chi connectivity index (χ4n) is 0.0337. The van der Waals surface area contributed by atoms with Crippen LogP contribution in [0, 0.1) is 0 Å². The van der Waals surface area contributed by atoms with Crippen LogP contribution in [0.1, 0.15) is 1.43 Å². The molecule has 8 heavy (non-hydrogen) atoms. The summed E-state index contributed by atoms with van der Waals surface area (Å²) in [5, 5.41) is 0. The minimum absolute atomic E-state index is 0. The zero-order valence-electron chi connectivity index (χ0n) is 5.03. The van der Waals surface area contributed by atoms with Crippen LogP contribution in [0.15, 0.2) is 0 Å². The van der Waals surface area contributed by atoms with E-state index in [2.05, 4.69) is 4.94 Å². The summed E-state index contributed by atoms with van der Waals surface area (Å²) < 4.78 is 31.7. The van der Waals surface area contributed by atoms with Gasteiger partial charge in [-0.15, -0.1) is 0 Å². The van der Waals surface area contributed by atoms with Crippen molar-refractivity contribution in [3.63, 3.8) is 0 Å². The van der Waals surface area contributed by atoms with E-state index in [0.717, 1.165) is 0 Å². The Labute approximate surface area is 56.6 Å². The summed E-state index contributed by atoms with van der Waals surface area (Å²) in [6.07, 6.45) is -3.37. The Hall–Kier alpha value is -0.143. The zero-order valence-corrected chi connectivity index (χ0v) is 4.03. The van der Waals surface area contributed by atoms with E-state index >= 15 is 0 Å². The molecule has 6 heteroatoms. The number of hydrogen-bond donors (Lipinski definition) is 0. The van der Waals surface area contributed by atoms with Crippen molar-refractivity contribution in [2.45, 2.75) is 6.43 Å². The van der Waals surface area contributed by atoms with Crippen molar-refractivity contribution in [3.05, 3.63) is 0 Å². The average Bonchev–Trinajstić information content (AvgIpc) is 1.65. The molecule has 2 nitrogen and oxygen atoms in total. The molecule has 0 aliphatic rings. The van der Waals surface area contributed by atoms with Crippen molar-refractivity contribution in [3.8, 4) is 0 Å². The Balaban J connectivity index is -0.000000180. The molecule has 44 valence electrons. The molecule has 0 fully saturated rings. The molecule has 0 saturated carbocycles. The van der Waals surface area contributed by atoms with Gasteiger partial charge >= 0.3 is 31.3 Å². The molecule has 0 aromatic heterocycles. The Morgan fingerprint density at radius 2 is 2.00 bits per heavy atom. The minimum atomic E-state index is -3.37. The van der Waals surface area contributed by atoms with Crippen LogP contribution in [0.2, 0.25) is 0 Å². The maximum Gasteiger partial charge on any atom is 1.00 e. The fraction of sp³-hybridized carbons (Fsp3) is 0.500. The normalized spacial score (nSPS) is 8.00. The quantitative estimate of drug-likeness (QED) is 0.369. The molecule has 0 aromatic rings. The number of carbonyl (C=O) groups is 1. The van der Waals surface area contributed by atoms with Gasteiger partial charge < -0.3 is 1.43 Å². The first-order chi connectivity index (χ1) is 3.18. The van der Waals surface area contributed by atoms with Crippen molar-refractivity contribution in [1.82, 2.24) is 0 Å². The van der Waals surface area contributed by atoms with Crippen molar-refractivity contribution in [2.75, 3.05) is 0 Å². The summed E-state index contributed by atoms with van der Waals surface area (Å²) >= 11 is 0. The van der Waals surface area contributed by atoms with Gasteiger partial charge in [-0.25, -0.2) is 9.74 Å². The predicted octanol–water partition coefficient (Wildman–Crippen LogP) is -2.20. The third-order valence-corrected chi connectivity index (χ3v) is 0.254. The second kappa shape index (κ2) is 5.00. The third kappa shape index (κ3) is 4.03. The van der Waals surface area contributed by atoms with Crippen LogP contribution >= 0.6 is 0 Å². The molecule has 0 aromatic carbocycles. The summed E-state index contributed by atoms with van der Waals surface area (Å²) in [6.45, 7) is 0. The Morgan fingerprint density at radius 3 is 2.00 bits per heavy atom. The van der Waals surface area contributed by atoms with Crippen LogP contribution in [0.4, 0.5) is 13.3 Å². The first-order valence-corrected chi connectivity index (χ1v) is 1.29.